The van der Waals surface area contributed by atoms with E-state index in [4.69, 9.17) is 0 Å². The predicted octanol–water partition coefficient (Wildman–Crippen LogP) is 2.75. The smallest absolute Gasteiger partial charge is 0.404 e. The van der Waals surface area contributed by atoms with Gasteiger partial charge in [-0.05, 0) is 31.5 Å². The second-order valence-electron chi connectivity index (χ2n) is 4.22. The van der Waals surface area contributed by atoms with Gasteiger partial charge in [0.25, 0.3) is 0 Å². The lowest BCUT2D eigenvalue weighted by atomic mass is 10.2. The normalized spacial score (nSPS) is 19.8. The van der Waals surface area contributed by atoms with Crippen LogP contribution in [-0.2, 0) is 0 Å². The van der Waals surface area contributed by atoms with Gasteiger partial charge in [0.15, 0.2) is 5.75 Å². The summed E-state index contributed by atoms with van der Waals surface area (Å²) in [6, 6.07) is 6.38. The van der Waals surface area contributed by atoms with E-state index in [1.54, 1.807) is 12.1 Å². The summed E-state index contributed by atoms with van der Waals surface area (Å²) in [5, 5.41) is 6.26. The highest BCUT2D eigenvalue weighted by Gasteiger charge is 2.32. The van der Waals surface area contributed by atoms with Gasteiger partial charge < -0.3 is 15.4 Å². The Bertz CT molecular complexity index is 389. The number of hydrogen-bond acceptors (Lipinski definition) is 3. The van der Waals surface area contributed by atoms with Crippen LogP contribution >= 0.6 is 0 Å². The van der Waals surface area contributed by atoms with E-state index in [-0.39, 0.29) is 5.75 Å². The summed E-state index contributed by atoms with van der Waals surface area (Å²) in [4.78, 5) is 0. The molecule has 100 valence electrons. The van der Waals surface area contributed by atoms with Crippen LogP contribution in [0.5, 0.6) is 5.75 Å². The molecule has 1 heterocycles. The predicted molar refractivity (Wildman–Crippen MR) is 62.6 cm³/mol. The Morgan fingerprint density at radius 1 is 1.33 bits per heavy atom. The van der Waals surface area contributed by atoms with Gasteiger partial charge in [0, 0.05) is 12.6 Å². The van der Waals surface area contributed by atoms with Crippen molar-refractivity contribution in [2.45, 2.75) is 25.2 Å². The fourth-order valence-electron chi connectivity index (χ4n) is 1.99. The molecule has 1 aromatic rings. The number of ether oxygens (including phenoxy) is 1. The van der Waals surface area contributed by atoms with Crippen molar-refractivity contribution >= 4 is 5.69 Å². The third-order valence-electron chi connectivity index (χ3n) is 2.81. The molecule has 18 heavy (non-hydrogen) atoms. The Labute approximate surface area is 103 Å². The Balaban J connectivity index is 1.98. The van der Waals surface area contributed by atoms with Gasteiger partial charge in [-0.2, -0.15) is 0 Å². The third kappa shape index (κ3) is 3.80. The number of para-hydroxylation sites is 2. The standard InChI is InChI=1S/C12H15F3N2O/c13-12(14,15)18-11-6-2-1-5-10(11)17-8-9-4-3-7-16-9/h1-2,5-6,9,16-17H,3-4,7-8H2. The minimum atomic E-state index is -4.66. The number of benzene rings is 1. The number of anilines is 1. The molecule has 0 amide bonds. The molecule has 1 atom stereocenters. The van der Waals surface area contributed by atoms with E-state index >= 15 is 0 Å². The van der Waals surface area contributed by atoms with E-state index in [2.05, 4.69) is 15.4 Å². The Kier molecular flexibility index (Phi) is 3.96. The average molecular weight is 260 g/mol. The van der Waals surface area contributed by atoms with Crippen LogP contribution in [0.2, 0.25) is 0 Å². The highest BCUT2D eigenvalue weighted by atomic mass is 19.4. The third-order valence-corrected chi connectivity index (χ3v) is 2.81. The zero-order chi connectivity index (χ0) is 13.0. The number of rotatable bonds is 4. The molecule has 1 saturated heterocycles. The molecule has 1 fully saturated rings. The summed E-state index contributed by atoms with van der Waals surface area (Å²) in [5.74, 6) is -0.192. The molecular formula is C12H15F3N2O. The zero-order valence-corrected chi connectivity index (χ0v) is 9.76. The van der Waals surface area contributed by atoms with Crippen molar-refractivity contribution in [2.75, 3.05) is 18.4 Å². The van der Waals surface area contributed by atoms with Crippen LogP contribution in [0.15, 0.2) is 24.3 Å². The number of halogens is 3. The van der Waals surface area contributed by atoms with E-state index in [0.717, 1.165) is 19.4 Å². The van der Waals surface area contributed by atoms with E-state index in [0.29, 0.717) is 18.3 Å². The van der Waals surface area contributed by atoms with Crippen LogP contribution in [-0.4, -0.2) is 25.5 Å². The molecular weight excluding hydrogens is 245 g/mol. The van der Waals surface area contributed by atoms with E-state index in [9.17, 15) is 13.2 Å². The summed E-state index contributed by atoms with van der Waals surface area (Å²) in [7, 11) is 0. The van der Waals surface area contributed by atoms with E-state index < -0.39 is 6.36 Å². The summed E-state index contributed by atoms with van der Waals surface area (Å²) in [5.41, 5.74) is 0.364. The molecule has 2 N–H and O–H groups in total. The molecule has 1 aromatic carbocycles. The second kappa shape index (κ2) is 5.48. The van der Waals surface area contributed by atoms with Gasteiger partial charge in [-0.1, -0.05) is 12.1 Å². The lowest BCUT2D eigenvalue weighted by Gasteiger charge is -2.16. The van der Waals surface area contributed by atoms with Crippen LogP contribution < -0.4 is 15.4 Å². The van der Waals surface area contributed by atoms with Gasteiger partial charge in [-0.15, -0.1) is 13.2 Å². The highest BCUT2D eigenvalue weighted by molar-refractivity contribution is 5.56. The molecule has 0 aromatic heterocycles. The first kappa shape index (κ1) is 13.0. The van der Waals surface area contributed by atoms with Crippen LogP contribution in [0.3, 0.4) is 0 Å². The van der Waals surface area contributed by atoms with Gasteiger partial charge in [0.2, 0.25) is 0 Å². The number of alkyl halides is 3. The first-order valence-corrected chi connectivity index (χ1v) is 5.86. The average Bonchev–Trinajstić information content (AvgIpc) is 2.79. The quantitative estimate of drug-likeness (QED) is 0.873. The Morgan fingerprint density at radius 2 is 2.11 bits per heavy atom. The van der Waals surface area contributed by atoms with Crippen molar-refractivity contribution in [1.29, 1.82) is 0 Å². The van der Waals surface area contributed by atoms with Crippen LogP contribution in [0.1, 0.15) is 12.8 Å². The molecule has 0 aliphatic carbocycles. The minimum absolute atomic E-state index is 0.192. The van der Waals surface area contributed by atoms with Crippen molar-refractivity contribution in [1.82, 2.24) is 5.32 Å². The first-order chi connectivity index (χ1) is 8.54. The summed E-state index contributed by atoms with van der Waals surface area (Å²) in [6.45, 7) is 1.56. The van der Waals surface area contributed by atoms with Crippen molar-refractivity contribution < 1.29 is 17.9 Å². The molecule has 0 saturated carbocycles. The molecule has 1 aliphatic heterocycles. The van der Waals surface area contributed by atoms with Gasteiger partial charge in [-0.3, -0.25) is 0 Å². The fraction of sp³-hybridized carbons (Fsp3) is 0.500. The largest absolute Gasteiger partial charge is 0.573 e. The van der Waals surface area contributed by atoms with Crippen molar-refractivity contribution in [3.05, 3.63) is 24.3 Å². The monoisotopic (exact) mass is 260 g/mol. The first-order valence-electron chi connectivity index (χ1n) is 5.86. The van der Waals surface area contributed by atoms with E-state index in [1.807, 2.05) is 0 Å². The SMILES string of the molecule is FC(F)(F)Oc1ccccc1NCC1CCCN1. The molecule has 1 aliphatic rings. The topological polar surface area (TPSA) is 33.3 Å². The molecule has 0 bridgehead atoms. The molecule has 2 rings (SSSR count). The van der Waals surface area contributed by atoms with Crippen molar-refractivity contribution in [3.63, 3.8) is 0 Å². The van der Waals surface area contributed by atoms with Gasteiger partial charge in [-0.25, -0.2) is 0 Å². The van der Waals surface area contributed by atoms with Crippen LogP contribution in [0, 0.1) is 0 Å². The maximum Gasteiger partial charge on any atom is 0.573 e. The Hall–Kier alpha value is -1.43. The summed E-state index contributed by atoms with van der Waals surface area (Å²) in [6.07, 6.45) is -2.52. The second-order valence-corrected chi connectivity index (χ2v) is 4.22. The maximum absolute atomic E-state index is 12.2. The molecule has 1 unspecified atom stereocenters. The summed E-state index contributed by atoms with van der Waals surface area (Å²) >= 11 is 0. The van der Waals surface area contributed by atoms with Crippen molar-refractivity contribution in [3.8, 4) is 5.75 Å². The minimum Gasteiger partial charge on any atom is -0.404 e. The van der Waals surface area contributed by atoms with Gasteiger partial charge >= 0.3 is 6.36 Å². The number of hydrogen-bond donors (Lipinski definition) is 2. The zero-order valence-electron chi connectivity index (χ0n) is 9.76. The fourth-order valence-corrected chi connectivity index (χ4v) is 1.99. The maximum atomic E-state index is 12.2. The summed E-state index contributed by atoms with van der Waals surface area (Å²) < 4.78 is 40.6. The van der Waals surface area contributed by atoms with Crippen LogP contribution in [0.4, 0.5) is 18.9 Å². The van der Waals surface area contributed by atoms with Crippen molar-refractivity contribution in [2.24, 2.45) is 0 Å². The molecule has 6 heteroatoms. The van der Waals surface area contributed by atoms with E-state index in [1.165, 1.54) is 12.1 Å². The highest BCUT2D eigenvalue weighted by Crippen LogP contribution is 2.29. The molecule has 0 spiro atoms. The lowest BCUT2D eigenvalue weighted by molar-refractivity contribution is -0.274. The van der Waals surface area contributed by atoms with Gasteiger partial charge in [0.1, 0.15) is 0 Å². The van der Waals surface area contributed by atoms with Gasteiger partial charge in [0.05, 0.1) is 5.69 Å². The molecule has 3 nitrogen and oxygen atoms in total. The lowest BCUT2D eigenvalue weighted by Crippen LogP contribution is -2.29. The molecule has 0 radical (unpaired) electrons. The Morgan fingerprint density at radius 3 is 2.78 bits per heavy atom. The number of nitrogens with one attached hydrogen (secondary N) is 2. The van der Waals surface area contributed by atoms with Crippen LogP contribution in [0.25, 0.3) is 0 Å².